The van der Waals surface area contributed by atoms with Crippen LogP contribution in [0.4, 0.5) is 0 Å². The van der Waals surface area contributed by atoms with E-state index in [1.54, 1.807) is 27.7 Å². The summed E-state index contributed by atoms with van der Waals surface area (Å²) in [5.41, 5.74) is 0. The van der Waals surface area contributed by atoms with Gasteiger partial charge in [-0.2, -0.15) is 0 Å². The second-order valence-corrected chi connectivity index (χ2v) is 4.38. The van der Waals surface area contributed by atoms with Crippen molar-refractivity contribution in [3.63, 3.8) is 0 Å². The number of carbonyl (C=O) groups is 2. The summed E-state index contributed by atoms with van der Waals surface area (Å²) in [7, 11) is 0. The molecule has 0 aliphatic carbocycles. The Kier molecular flexibility index (Phi) is 7.13. The molecule has 0 aromatic heterocycles. The van der Waals surface area contributed by atoms with Crippen LogP contribution >= 0.6 is 11.6 Å². The predicted molar refractivity (Wildman–Crippen MR) is 61.3 cm³/mol. The summed E-state index contributed by atoms with van der Waals surface area (Å²) >= 11 is 5.54. The highest BCUT2D eigenvalue weighted by atomic mass is 35.5. The van der Waals surface area contributed by atoms with E-state index in [9.17, 15) is 9.59 Å². The van der Waals surface area contributed by atoms with E-state index >= 15 is 0 Å². The Balaban J connectivity index is 4.46. The Morgan fingerprint density at radius 2 is 1.38 bits per heavy atom. The molecule has 0 saturated carbocycles. The molecule has 0 rings (SSSR count). The number of carbonyl (C=O) groups excluding carboxylic acids is 2. The van der Waals surface area contributed by atoms with Crippen LogP contribution in [0, 0.1) is 5.92 Å². The highest BCUT2D eigenvalue weighted by molar-refractivity contribution is 6.18. The Morgan fingerprint density at radius 1 is 1.00 bits per heavy atom. The number of hydrogen-bond donors (Lipinski definition) is 0. The lowest BCUT2D eigenvalue weighted by Crippen LogP contribution is -2.31. The molecule has 0 unspecified atom stereocenters. The smallest absolute Gasteiger partial charge is 0.320 e. The van der Waals surface area contributed by atoms with Crippen LogP contribution in [0.2, 0.25) is 0 Å². The van der Waals surface area contributed by atoms with Gasteiger partial charge in [-0.05, 0) is 34.1 Å². The van der Waals surface area contributed by atoms with Crippen LogP contribution in [-0.4, -0.2) is 30.0 Å². The minimum atomic E-state index is -0.915. The molecule has 0 heterocycles. The largest absolute Gasteiger partial charge is 0.462 e. The van der Waals surface area contributed by atoms with E-state index in [0.717, 1.165) is 0 Å². The van der Waals surface area contributed by atoms with Crippen molar-refractivity contribution in [2.45, 2.75) is 46.3 Å². The molecule has 16 heavy (non-hydrogen) atoms. The molecule has 0 aromatic rings. The van der Waals surface area contributed by atoms with E-state index < -0.39 is 17.9 Å². The monoisotopic (exact) mass is 250 g/mol. The molecule has 94 valence electrons. The molecule has 0 fully saturated rings. The zero-order valence-electron chi connectivity index (χ0n) is 10.2. The normalized spacial score (nSPS) is 11.0. The topological polar surface area (TPSA) is 52.6 Å². The fourth-order valence-corrected chi connectivity index (χ4v) is 1.29. The van der Waals surface area contributed by atoms with Gasteiger partial charge in [-0.3, -0.25) is 9.59 Å². The maximum atomic E-state index is 11.6. The molecule has 0 bridgehead atoms. The zero-order chi connectivity index (χ0) is 12.7. The molecule has 0 saturated heterocycles. The first-order valence-corrected chi connectivity index (χ1v) is 5.88. The van der Waals surface area contributed by atoms with E-state index in [-0.39, 0.29) is 24.5 Å². The van der Waals surface area contributed by atoms with Crippen molar-refractivity contribution in [2.24, 2.45) is 5.92 Å². The standard InChI is InChI=1S/C11H19ClO4/c1-7(2)15-10(13)9(5-6-12)11(14)16-8(3)4/h7-9H,5-6H2,1-4H3. The third-order valence-corrected chi connectivity index (χ3v) is 1.89. The number of alkyl halides is 1. The van der Waals surface area contributed by atoms with Crippen LogP contribution in [0.3, 0.4) is 0 Å². The van der Waals surface area contributed by atoms with Gasteiger partial charge in [0.1, 0.15) is 0 Å². The zero-order valence-corrected chi connectivity index (χ0v) is 10.9. The van der Waals surface area contributed by atoms with Gasteiger partial charge in [-0.1, -0.05) is 0 Å². The fourth-order valence-electron chi connectivity index (χ4n) is 1.07. The van der Waals surface area contributed by atoms with E-state index in [1.165, 1.54) is 0 Å². The Hall–Kier alpha value is -0.770. The van der Waals surface area contributed by atoms with Crippen molar-refractivity contribution < 1.29 is 19.1 Å². The quantitative estimate of drug-likeness (QED) is 0.412. The van der Waals surface area contributed by atoms with E-state index in [1.807, 2.05) is 0 Å². The summed E-state index contributed by atoms with van der Waals surface area (Å²) in [5.74, 6) is -1.84. The number of hydrogen-bond acceptors (Lipinski definition) is 4. The Labute approximate surface area is 101 Å². The Bertz CT molecular complexity index is 216. The van der Waals surface area contributed by atoms with Crippen LogP contribution in [0.1, 0.15) is 34.1 Å². The van der Waals surface area contributed by atoms with Crippen LogP contribution in [0.5, 0.6) is 0 Å². The van der Waals surface area contributed by atoms with Gasteiger partial charge in [0.15, 0.2) is 5.92 Å². The molecule has 0 aromatic carbocycles. The average Bonchev–Trinajstić information content (AvgIpc) is 2.11. The van der Waals surface area contributed by atoms with Gasteiger partial charge in [0, 0.05) is 5.88 Å². The van der Waals surface area contributed by atoms with E-state index in [0.29, 0.717) is 0 Å². The molecule has 0 aliphatic rings. The van der Waals surface area contributed by atoms with Gasteiger partial charge in [0.05, 0.1) is 12.2 Å². The van der Waals surface area contributed by atoms with Crippen molar-refractivity contribution in [1.82, 2.24) is 0 Å². The average molecular weight is 251 g/mol. The predicted octanol–water partition coefficient (Wildman–Crippen LogP) is 2.13. The molecule has 0 radical (unpaired) electrons. The second kappa shape index (κ2) is 7.49. The van der Waals surface area contributed by atoms with Gasteiger partial charge in [0.25, 0.3) is 0 Å². The van der Waals surface area contributed by atoms with Crippen molar-refractivity contribution in [2.75, 3.05) is 5.88 Å². The summed E-state index contributed by atoms with van der Waals surface area (Å²) < 4.78 is 9.94. The maximum absolute atomic E-state index is 11.6. The molecule has 0 N–H and O–H groups in total. The number of ether oxygens (including phenoxy) is 2. The SMILES string of the molecule is CC(C)OC(=O)C(CCCl)C(=O)OC(C)C. The first kappa shape index (κ1) is 15.2. The molecule has 4 nitrogen and oxygen atoms in total. The molecular weight excluding hydrogens is 232 g/mol. The van der Waals surface area contributed by atoms with E-state index in [2.05, 4.69) is 0 Å². The molecule has 0 spiro atoms. The lowest BCUT2D eigenvalue weighted by Gasteiger charge is -2.17. The third-order valence-electron chi connectivity index (χ3n) is 1.67. The minimum absolute atomic E-state index is 0.213. The number of halogens is 1. The Morgan fingerprint density at radius 3 is 1.62 bits per heavy atom. The highest BCUT2D eigenvalue weighted by Crippen LogP contribution is 2.12. The van der Waals surface area contributed by atoms with E-state index in [4.69, 9.17) is 21.1 Å². The summed E-state index contributed by atoms with van der Waals surface area (Å²) in [4.78, 5) is 23.2. The first-order chi connectivity index (χ1) is 7.38. The summed E-state index contributed by atoms with van der Waals surface area (Å²) in [6, 6.07) is 0. The van der Waals surface area contributed by atoms with Crippen molar-refractivity contribution in [3.8, 4) is 0 Å². The molecular formula is C11H19ClO4. The molecule has 0 amide bonds. The summed E-state index contributed by atoms with van der Waals surface area (Å²) in [5, 5.41) is 0. The van der Waals surface area contributed by atoms with Crippen LogP contribution in [0.15, 0.2) is 0 Å². The third kappa shape index (κ3) is 5.95. The molecule has 0 aliphatic heterocycles. The van der Waals surface area contributed by atoms with Crippen molar-refractivity contribution in [3.05, 3.63) is 0 Å². The number of esters is 2. The van der Waals surface area contributed by atoms with Gasteiger partial charge in [-0.15, -0.1) is 11.6 Å². The summed E-state index contributed by atoms with van der Waals surface area (Å²) in [6.45, 7) is 6.90. The van der Waals surface area contributed by atoms with Gasteiger partial charge in [0.2, 0.25) is 0 Å². The summed E-state index contributed by atoms with van der Waals surface area (Å²) in [6.07, 6.45) is -0.270. The molecule has 0 atom stereocenters. The fraction of sp³-hybridized carbons (Fsp3) is 0.818. The minimum Gasteiger partial charge on any atom is -0.462 e. The van der Waals surface area contributed by atoms with Crippen molar-refractivity contribution in [1.29, 1.82) is 0 Å². The number of rotatable bonds is 6. The van der Waals surface area contributed by atoms with Crippen LogP contribution in [0.25, 0.3) is 0 Å². The lowest BCUT2D eigenvalue weighted by atomic mass is 10.1. The van der Waals surface area contributed by atoms with Gasteiger partial charge >= 0.3 is 11.9 Å². The first-order valence-electron chi connectivity index (χ1n) is 5.35. The van der Waals surface area contributed by atoms with Crippen molar-refractivity contribution >= 4 is 23.5 Å². The van der Waals surface area contributed by atoms with Gasteiger partial charge < -0.3 is 9.47 Å². The van der Waals surface area contributed by atoms with Crippen LogP contribution < -0.4 is 0 Å². The van der Waals surface area contributed by atoms with Crippen LogP contribution in [-0.2, 0) is 19.1 Å². The van der Waals surface area contributed by atoms with Gasteiger partial charge in [-0.25, -0.2) is 0 Å². The lowest BCUT2D eigenvalue weighted by molar-refractivity contribution is -0.166. The maximum Gasteiger partial charge on any atom is 0.320 e. The highest BCUT2D eigenvalue weighted by Gasteiger charge is 2.30. The molecule has 5 heteroatoms. The second-order valence-electron chi connectivity index (χ2n) is 4.00.